The summed E-state index contributed by atoms with van der Waals surface area (Å²) >= 11 is 0. The van der Waals surface area contributed by atoms with Gasteiger partial charge in [0.2, 0.25) is 6.04 Å². The highest BCUT2D eigenvalue weighted by Gasteiger charge is 2.52. The number of nitrogens with zero attached hydrogens (tertiary/aromatic N) is 4. The lowest BCUT2D eigenvalue weighted by atomic mass is 10.1. The Hall–Kier alpha value is -3.05. The summed E-state index contributed by atoms with van der Waals surface area (Å²) in [6.45, 7) is -0.590. The highest BCUT2D eigenvalue weighted by molar-refractivity contribution is 5.91. The summed E-state index contributed by atoms with van der Waals surface area (Å²) in [5.74, 6) is -9.98. The van der Waals surface area contributed by atoms with E-state index in [0.29, 0.717) is 0 Å². The Morgan fingerprint density at radius 2 is 1.90 bits per heavy atom. The van der Waals surface area contributed by atoms with Crippen LogP contribution in [0.25, 0.3) is 11.2 Å². The third kappa shape index (κ3) is 3.73. The summed E-state index contributed by atoms with van der Waals surface area (Å²) in [6, 6.07) is -2.86. The number of carboxylic acid groups (broad SMARTS) is 2. The zero-order valence-corrected chi connectivity index (χ0v) is 15.0. The second kappa shape index (κ2) is 8.36. The fourth-order valence-electron chi connectivity index (χ4n) is 2.82. The van der Waals surface area contributed by atoms with Crippen molar-refractivity contribution in [2.45, 2.75) is 36.5 Å². The number of rotatable bonds is 7. The van der Waals surface area contributed by atoms with Gasteiger partial charge in [-0.1, -0.05) is 0 Å². The number of ether oxygens (including phenoxy) is 1. The lowest BCUT2D eigenvalue weighted by molar-refractivity contribution is -0.173. The Morgan fingerprint density at radius 1 is 1.23 bits per heavy atom. The van der Waals surface area contributed by atoms with E-state index in [9.17, 15) is 28.6 Å². The first-order valence-corrected chi connectivity index (χ1v) is 8.00. The molecule has 2 aromatic heterocycles. The number of imidazole rings is 1. The first-order valence-electron chi connectivity index (χ1n) is 8.00. The van der Waals surface area contributed by atoms with Crippen LogP contribution in [0.15, 0.2) is 12.7 Å². The summed E-state index contributed by atoms with van der Waals surface area (Å²) < 4.78 is 34.0. The van der Waals surface area contributed by atoms with Crippen molar-refractivity contribution < 1.29 is 48.6 Å². The molecule has 16 heteroatoms. The van der Waals surface area contributed by atoms with Gasteiger partial charge in [0.15, 0.2) is 23.2 Å². The number of hydrogen-bond acceptors (Lipinski definition) is 11. The molecule has 5 atom stereocenters. The normalized spacial score (nSPS) is 25.0. The van der Waals surface area contributed by atoms with Gasteiger partial charge < -0.3 is 41.7 Å². The van der Waals surface area contributed by atoms with Gasteiger partial charge in [-0.05, 0) is 0 Å². The van der Waals surface area contributed by atoms with Gasteiger partial charge in [-0.15, -0.1) is 0 Å². The number of aliphatic hydroxyl groups excluding tert-OH is 3. The second-order valence-electron chi connectivity index (χ2n) is 6.12. The number of nitrogens with one attached hydrogen (secondary N) is 1. The van der Waals surface area contributed by atoms with Crippen LogP contribution in [0.1, 0.15) is 6.23 Å². The van der Waals surface area contributed by atoms with Gasteiger partial charge >= 0.3 is 17.9 Å². The van der Waals surface area contributed by atoms with E-state index in [1.54, 1.807) is 0 Å². The van der Waals surface area contributed by atoms with Crippen LogP contribution in [0.3, 0.4) is 0 Å². The molecule has 0 aromatic carbocycles. The monoisotopic (exact) mass is 436 g/mol. The molecule has 1 fully saturated rings. The Morgan fingerprint density at radius 3 is 2.43 bits per heavy atom. The van der Waals surface area contributed by atoms with E-state index in [1.807, 2.05) is 5.32 Å². The molecule has 1 aliphatic heterocycles. The molecule has 2 aromatic rings. The van der Waals surface area contributed by atoms with E-state index < -0.39 is 60.9 Å². The summed E-state index contributed by atoms with van der Waals surface area (Å²) in [5.41, 5.74) is -0.321. The van der Waals surface area contributed by atoms with Crippen LogP contribution in [0.2, 0.25) is 0 Å². The van der Waals surface area contributed by atoms with Gasteiger partial charge in [-0.25, -0.2) is 24.5 Å². The highest BCUT2D eigenvalue weighted by atomic mass is 19.3. The van der Waals surface area contributed by atoms with Gasteiger partial charge in [0.05, 0.1) is 12.9 Å². The number of aromatic nitrogens is 4. The Bertz CT molecular complexity index is 942. The number of alkyl halides is 2. The number of carboxylic acids is 2. The van der Waals surface area contributed by atoms with Crippen molar-refractivity contribution in [3.05, 3.63) is 12.7 Å². The predicted octanol–water partition coefficient (Wildman–Crippen LogP) is -1.82. The zero-order valence-electron chi connectivity index (χ0n) is 15.0. The molecular weight excluding hydrogens is 418 g/mol. The molecule has 3 rings (SSSR count). The van der Waals surface area contributed by atoms with Crippen molar-refractivity contribution in [2.75, 3.05) is 11.9 Å². The summed E-state index contributed by atoms with van der Waals surface area (Å²) in [6.07, 6.45) is -3.33. The molecule has 5 unspecified atom stereocenters. The Kier molecular flexibility index (Phi) is 6.48. The Labute approximate surface area is 165 Å². The topological polar surface area (TPSA) is 235 Å². The smallest absolute Gasteiger partial charge is 0.377 e. The van der Waals surface area contributed by atoms with Gasteiger partial charge in [0.25, 0.3) is 0 Å². The van der Waals surface area contributed by atoms with Gasteiger partial charge in [-0.2, -0.15) is 8.78 Å². The van der Waals surface area contributed by atoms with Crippen LogP contribution in [0, 0.1) is 0 Å². The highest BCUT2D eigenvalue weighted by Crippen LogP contribution is 2.32. The van der Waals surface area contributed by atoms with Crippen LogP contribution < -0.4 is 11.5 Å². The van der Waals surface area contributed by atoms with Crippen molar-refractivity contribution in [3.8, 4) is 0 Å². The first-order chi connectivity index (χ1) is 13.6. The fourth-order valence-corrected chi connectivity index (χ4v) is 2.82. The van der Waals surface area contributed by atoms with E-state index in [1.165, 1.54) is 0 Å². The average Bonchev–Trinajstić information content (AvgIpc) is 3.21. The number of fused-ring (bicyclic) bond motifs is 1. The molecule has 3 heterocycles. The lowest BCUT2D eigenvalue weighted by Crippen LogP contribution is -2.51. The predicted molar refractivity (Wildman–Crippen MR) is 91.0 cm³/mol. The molecular formula is C14H18F2N6O8. The number of aliphatic carboxylic acids is 2. The molecule has 0 radical (unpaired) electrons. The van der Waals surface area contributed by atoms with Gasteiger partial charge in [0, 0.05) is 0 Å². The van der Waals surface area contributed by atoms with E-state index in [0.717, 1.165) is 17.2 Å². The molecule has 166 valence electrons. The number of anilines is 1. The molecule has 0 spiro atoms. The van der Waals surface area contributed by atoms with Crippen LogP contribution in [0.4, 0.5) is 14.6 Å². The zero-order chi connectivity index (χ0) is 21.5. The van der Waals surface area contributed by atoms with Gasteiger partial charge in [-0.3, -0.25) is 4.57 Å². The van der Waals surface area contributed by atoms with Crippen molar-refractivity contribution in [1.29, 1.82) is 0 Å². The Balaban J connectivity index is 0.00000320. The summed E-state index contributed by atoms with van der Waals surface area (Å²) in [5, 5.41) is 48.6. The van der Waals surface area contributed by atoms with Crippen molar-refractivity contribution >= 4 is 28.9 Å². The molecule has 1 aliphatic rings. The molecule has 0 amide bonds. The molecule has 1 saturated heterocycles. The molecule has 0 aliphatic carbocycles. The van der Waals surface area contributed by atoms with Crippen molar-refractivity contribution in [3.63, 3.8) is 0 Å². The summed E-state index contributed by atoms with van der Waals surface area (Å²) in [4.78, 5) is 33.3. The minimum absolute atomic E-state index is 0. The van der Waals surface area contributed by atoms with Crippen molar-refractivity contribution in [2.24, 2.45) is 0 Å². The third-order valence-corrected chi connectivity index (χ3v) is 4.33. The van der Waals surface area contributed by atoms with Crippen LogP contribution >= 0.6 is 0 Å². The van der Waals surface area contributed by atoms with Crippen LogP contribution in [-0.2, 0) is 14.3 Å². The largest absolute Gasteiger partial charge is 0.480 e. The van der Waals surface area contributed by atoms with E-state index in [-0.39, 0.29) is 17.3 Å². The molecule has 0 saturated carbocycles. The van der Waals surface area contributed by atoms with E-state index >= 15 is 0 Å². The van der Waals surface area contributed by atoms with Crippen molar-refractivity contribution in [1.82, 2.24) is 25.7 Å². The quantitative estimate of drug-likeness (QED) is 0.253. The maximum absolute atomic E-state index is 13.8. The summed E-state index contributed by atoms with van der Waals surface area (Å²) in [7, 11) is 0. The molecule has 14 nitrogen and oxygen atoms in total. The fraction of sp³-hybridized carbons (Fsp3) is 0.500. The minimum Gasteiger partial charge on any atom is -0.480 e. The number of carbonyl (C=O) groups is 2. The first kappa shape index (κ1) is 23.2. The maximum atomic E-state index is 13.8. The number of halogens is 2. The standard InChI is InChI=1S/C14H15F2N5O8.H3N/c15-14(16,13(27)28)8(12(25)26)20-9-5-10(18-2-17-9)21(3-19-5)11-7(24)6(23)4(1-22)29-11;/h2-4,6-8,11,22-24H,1H2,(H,25,26)(H,27,28)(H,17,18,20);1H3. The molecule has 9 N–H and O–H groups in total. The third-order valence-electron chi connectivity index (χ3n) is 4.33. The van der Waals surface area contributed by atoms with Crippen LogP contribution in [-0.4, -0.2) is 93.9 Å². The average molecular weight is 436 g/mol. The van der Waals surface area contributed by atoms with E-state index in [2.05, 4.69) is 15.0 Å². The molecule has 30 heavy (non-hydrogen) atoms. The molecule has 0 bridgehead atoms. The van der Waals surface area contributed by atoms with Crippen LogP contribution in [0.5, 0.6) is 0 Å². The number of aliphatic hydroxyl groups is 3. The van der Waals surface area contributed by atoms with Gasteiger partial charge in [0.1, 0.15) is 24.6 Å². The maximum Gasteiger partial charge on any atom is 0.377 e. The second-order valence-corrected chi connectivity index (χ2v) is 6.12. The SMILES string of the molecule is N.O=C(O)C(Nc1ncnc2c1ncn2C1OC(CO)C(O)C1O)C(F)(F)C(=O)O. The van der Waals surface area contributed by atoms with E-state index in [4.69, 9.17) is 20.1 Å². The number of hydrogen-bond donors (Lipinski definition) is 7. The lowest BCUT2D eigenvalue weighted by Gasteiger charge is -2.21. The minimum atomic E-state index is -4.67.